The molecule has 7 heteroatoms. The van der Waals surface area contributed by atoms with E-state index in [4.69, 9.17) is 11.6 Å². The smallest absolute Gasteiger partial charge is 0.421 e. The van der Waals surface area contributed by atoms with E-state index in [1.54, 1.807) is 0 Å². The van der Waals surface area contributed by atoms with Crippen molar-refractivity contribution in [2.24, 2.45) is 0 Å². The molecular weight excluding hydrogens is 213 g/mol. The number of rotatable bonds is 3. The van der Waals surface area contributed by atoms with Gasteiger partial charge in [-0.05, 0) is 0 Å². The molecule has 1 unspecified atom stereocenters. The highest BCUT2D eigenvalue weighted by molar-refractivity contribution is 6.40. The molecule has 0 bridgehead atoms. The molecular formula is C6H6ClF3O3. The average molecular weight is 219 g/mol. The summed E-state index contributed by atoms with van der Waals surface area (Å²) in [5.41, 5.74) is 0. The molecule has 76 valence electrons. The zero-order valence-electron chi connectivity index (χ0n) is 6.52. The van der Waals surface area contributed by atoms with Crippen molar-refractivity contribution in [3.63, 3.8) is 0 Å². The minimum Gasteiger partial charge on any atom is -0.421 e. The molecule has 0 N–H and O–H groups in total. The van der Waals surface area contributed by atoms with Crippen molar-refractivity contribution in [2.75, 3.05) is 7.11 Å². The zero-order valence-corrected chi connectivity index (χ0v) is 7.28. The predicted octanol–water partition coefficient (Wildman–Crippen LogP) is 1.82. The highest BCUT2D eigenvalue weighted by atomic mass is 35.5. The molecule has 0 amide bonds. The summed E-state index contributed by atoms with van der Waals surface area (Å²) in [6.45, 7) is 2.89. The van der Waals surface area contributed by atoms with Crippen LogP contribution in [0.3, 0.4) is 0 Å². The molecule has 0 saturated heterocycles. The van der Waals surface area contributed by atoms with Crippen LogP contribution in [0.2, 0.25) is 0 Å². The molecule has 0 saturated carbocycles. The fraction of sp³-hybridized carbons (Fsp3) is 0.500. The Morgan fingerprint density at radius 3 is 2.23 bits per heavy atom. The average Bonchev–Trinajstić information content (AvgIpc) is 1.96. The molecule has 0 aromatic rings. The van der Waals surface area contributed by atoms with Crippen molar-refractivity contribution in [1.82, 2.24) is 0 Å². The Bertz CT molecular complexity index is 214. The normalized spacial score (nSPS) is 13.6. The van der Waals surface area contributed by atoms with Crippen LogP contribution in [0, 0.1) is 0 Å². The van der Waals surface area contributed by atoms with E-state index < -0.39 is 23.5 Å². The molecule has 0 spiro atoms. The Kier molecular flexibility index (Phi) is 4.22. The van der Waals surface area contributed by atoms with Gasteiger partial charge in [0.2, 0.25) is 0 Å². The minimum absolute atomic E-state index is 0.647. The molecule has 3 nitrogen and oxygen atoms in total. The molecule has 0 aromatic heterocycles. The first-order chi connectivity index (χ1) is 5.79. The van der Waals surface area contributed by atoms with E-state index in [1.165, 1.54) is 0 Å². The van der Waals surface area contributed by atoms with Crippen LogP contribution in [-0.4, -0.2) is 25.5 Å². The maximum absolute atomic E-state index is 11.9. The first-order valence-corrected chi connectivity index (χ1v) is 3.31. The summed E-state index contributed by atoms with van der Waals surface area (Å²) in [4.78, 5) is 10.5. The molecule has 0 rings (SSSR count). The lowest BCUT2D eigenvalue weighted by Crippen LogP contribution is -2.35. The zero-order chi connectivity index (χ0) is 10.6. The van der Waals surface area contributed by atoms with Crippen LogP contribution in [0.5, 0.6) is 0 Å². The molecule has 0 heterocycles. The van der Waals surface area contributed by atoms with Gasteiger partial charge in [-0.3, -0.25) is 0 Å². The first-order valence-electron chi connectivity index (χ1n) is 2.94. The fourth-order valence-corrected chi connectivity index (χ4v) is 0.454. The Morgan fingerprint density at radius 2 is 2.00 bits per heavy atom. The van der Waals surface area contributed by atoms with E-state index in [0.29, 0.717) is 0 Å². The van der Waals surface area contributed by atoms with E-state index in [1.807, 2.05) is 0 Å². The van der Waals surface area contributed by atoms with Gasteiger partial charge in [0.25, 0.3) is 6.29 Å². The van der Waals surface area contributed by atoms with Crippen LogP contribution in [-0.2, 0) is 14.3 Å². The lowest BCUT2D eigenvalue weighted by molar-refractivity contribution is -0.291. The van der Waals surface area contributed by atoms with Gasteiger partial charge in [-0.15, -0.1) is 0 Å². The van der Waals surface area contributed by atoms with Crippen molar-refractivity contribution in [2.45, 2.75) is 12.5 Å². The molecule has 0 aromatic carbocycles. The summed E-state index contributed by atoms with van der Waals surface area (Å²) in [6, 6.07) is 0. The number of carbonyl (C=O) groups is 1. The lowest BCUT2D eigenvalue weighted by atomic mass is 10.6. The summed E-state index contributed by atoms with van der Waals surface area (Å²) in [7, 11) is 0.752. The summed E-state index contributed by atoms with van der Waals surface area (Å²) < 4.78 is 43.3. The molecule has 1 atom stereocenters. The van der Waals surface area contributed by atoms with Gasteiger partial charge in [-0.2, -0.15) is 13.2 Å². The van der Waals surface area contributed by atoms with Gasteiger partial charge in [0.1, 0.15) is 5.03 Å². The topological polar surface area (TPSA) is 35.5 Å². The van der Waals surface area contributed by atoms with Crippen molar-refractivity contribution in [1.29, 1.82) is 0 Å². The standard InChI is InChI=1S/C6H6ClF3O3/c1-3(7)4(11)13-5(12-2)6(8,9)10/h5H,1H2,2H3. The SMILES string of the molecule is C=C(Cl)C(=O)OC(OC)C(F)(F)F. The molecule has 0 fully saturated rings. The number of ether oxygens (including phenoxy) is 2. The van der Waals surface area contributed by atoms with Crippen LogP contribution in [0.15, 0.2) is 11.6 Å². The van der Waals surface area contributed by atoms with Gasteiger partial charge < -0.3 is 9.47 Å². The second-order valence-corrected chi connectivity index (χ2v) is 2.38. The quantitative estimate of drug-likeness (QED) is 0.412. The van der Waals surface area contributed by atoms with Crippen LogP contribution in [0.25, 0.3) is 0 Å². The molecule has 0 aliphatic rings. The van der Waals surface area contributed by atoms with Crippen LogP contribution in [0.1, 0.15) is 0 Å². The van der Waals surface area contributed by atoms with Gasteiger partial charge in [-0.1, -0.05) is 18.2 Å². The second kappa shape index (κ2) is 4.48. The van der Waals surface area contributed by atoms with Crippen molar-refractivity contribution in [3.05, 3.63) is 11.6 Å². The highest BCUT2D eigenvalue weighted by Gasteiger charge is 2.43. The Morgan fingerprint density at radius 1 is 1.54 bits per heavy atom. The van der Waals surface area contributed by atoms with Gasteiger partial charge in [0, 0.05) is 7.11 Å². The van der Waals surface area contributed by atoms with Gasteiger partial charge >= 0.3 is 12.1 Å². The fourth-order valence-electron chi connectivity index (χ4n) is 0.410. The minimum atomic E-state index is -4.78. The van der Waals surface area contributed by atoms with E-state index in [2.05, 4.69) is 16.1 Å². The number of alkyl halides is 3. The third-order valence-electron chi connectivity index (χ3n) is 0.917. The third kappa shape index (κ3) is 4.14. The Labute approximate surface area is 77.1 Å². The largest absolute Gasteiger partial charge is 0.452 e. The Hall–Kier alpha value is -0.750. The predicted molar refractivity (Wildman–Crippen MR) is 37.9 cm³/mol. The number of hydrogen-bond donors (Lipinski definition) is 0. The van der Waals surface area contributed by atoms with Crippen LogP contribution in [0.4, 0.5) is 13.2 Å². The highest BCUT2D eigenvalue weighted by Crippen LogP contribution is 2.24. The number of hydrogen-bond acceptors (Lipinski definition) is 3. The van der Waals surface area contributed by atoms with E-state index in [0.717, 1.165) is 7.11 Å². The monoisotopic (exact) mass is 218 g/mol. The number of methoxy groups -OCH3 is 1. The third-order valence-corrected chi connectivity index (χ3v) is 1.07. The van der Waals surface area contributed by atoms with E-state index in [9.17, 15) is 18.0 Å². The maximum Gasteiger partial charge on any atom is 0.452 e. The number of esters is 1. The van der Waals surface area contributed by atoms with Crippen LogP contribution < -0.4 is 0 Å². The summed E-state index contributed by atoms with van der Waals surface area (Å²) in [5, 5.41) is -0.647. The Balaban J connectivity index is 4.31. The van der Waals surface area contributed by atoms with E-state index >= 15 is 0 Å². The maximum atomic E-state index is 11.9. The van der Waals surface area contributed by atoms with Gasteiger partial charge in [0.05, 0.1) is 0 Å². The van der Waals surface area contributed by atoms with E-state index in [-0.39, 0.29) is 0 Å². The molecule has 0 aliphatic heterocycles. The summed E-state index contributed by atoms with van der Waals surface area (Å²) in [5.74, 6) is -1.37. The van der Waals surface area contributed by atoms with Gasteiger partial charge in [0.15, 0.2) is 0 Å². The molecule has 13 heavy (non-hydrogen) atoms. The summed E-state index contributed by atoms with van der Waals surface area (Å²) in [6.07, 6.45) is -7.40. The number of halogens is 4. The van der Waals surface area contributed by atoms with Gasteiger partial charge in [-0.25, -0.2) is 4.79 Å². The molecule has 0 radical (unpaired) electrons. The van der Waals surface area contributed by atoms with Crippen molar-refractivity contribution >= 4 is 17.6 Å². The second-order valence-electron chi connectivity index (χ2n) is 1.92. The summed E-state index contributed by atoms with van der Waals surface area (Å²) >= 11 is 4.99. The van der Waals surface area contributed by atoms with Crippen LogP contribution >= 0.6 is 11.6 Å². The van der Waals surface area contributed by atoms with Crippen molar-refractivity contribution in [3.8, 4) is 0 Å². The lowest BCUT2D eigenvalue weighted by Gasteiger charge is -2.17. The van der Waals surface area contributed by atoms with Crippen molar-refractivity contribution < 1.29 is 27.4 Å². The molecule has 0 aliphatic carbocycles. The first kappa shape index (κ1) is 12.2. The number of carbonyl (C=O) groups excluding carboxylic acids is 1.